The fourth-order valence-corrected chi connectivity index (χ4v) is 2.36. The van der Waals surface area contributed by atoms with E-state index in [4.69, 9.17) is 4.74 Å². The van der Waals surface area contributed by atoms with Gasteiger partial charge in [-0.1, -0.05) is 12.1 Å². The van der Waals surface area contributed by atoms with Crippen molar-refractivity contribution in [2.24, 2.45) is 0 Å². The molecule has 0 atom stereocenters. The standard InChI is InChI=1S/C16H20N4O/c1-19(2)14-5-3-13(4-6-14)15-7-8-17-16(18-15)20-9-11-21-12-10-20/h3-8H,9-12H2,1-2H3. The molecule has 2 heterocycles. The molecule has 1 aliphatic heterocycles. The molecule has 1 fully saturated rings. The summed E-state index contributed by atoms with van der Waals surface area (Å²) < 4.78 is 5.37. The van der Waals surface area contributed by atoms with Crippen LogP contribution in [0.4, 0.5) is 11.6 Å². The van der Waals surface area contributed by atoms with Crippen LogP contribution in [0.3, 0.4) is 0 Å². The SMILES string of the molecule is CN(C)c1ccc(-c2ccnc(N3CCOCC3)n2)cc1. The lowest BCUT2D eigenvalue weighted by molar-refractivity contribution is 0.122. The van der Waals surface area contributed by atoms with Crippen molar-refractivity contribution in [2.75, 3.05) is 50.2 Å². The fourth-order valence-electron chi connectivity index (χ4n) is 2.36. The quantitative estimate of drug-likeness (QED) is 0.863. The summed E-state index contributed by atoms with van der Waals surface area (Å²) in [6.45, 7) is 3.18. The van der Waals surface area contributed by atoms with Gasteiger partial charge in [-0.3, -0.25) is 0 Å². The predicted octanol–water partition coefficient (Wildman–Crippen LogP) is 2.05. The molecule has 3 rings (SSSR count). The second-order valence-corrected chi connectivity index (χ2v) is 5.28. The van der Waals surface area contributed by atoms with E-state index in [2.05, 4.69) is 44.0 Å². The van der Waals surface area contributed by atoms with Crippen molar-refractivity contribution in [1.82, 2.24) is 9.97 Å². The monoisotopic (exact) mass is 284 g/mol. The Hall–Kier alpha value is -2.14. The van der Waals surface area contributed by atoms with Crippen molar-refractivity contribution >= 4 is 11.6 Å². The van der Waals surface area contributed by atoms with Gasteiger partial charge in [0.2, 0.25) is 5.95 Å². The van der Waals surface area contributed by atoms with Crippen LogP contribution in [0.1, 0.15) is 0 Å². The van der Waals surface area contributed by atoms with Crippen LogP contribution < -0.4 is 9.80 Å². The van der Waals surface area contributed by atoms with E-state index < -0.39 is 0 Å². The molecule has 2 aromatic rings. The summed E-state index contributed by atoms with van der Waals surface area (Å²) in [5, 5.41) is 0. The number of ether oxygens (including phenoxy) is 1. The summed E-state index contributed by atoms with van der Waals surface area (Å²) in [5.41, 5.74) is 3.25. The third-order valence-corrected chi connectivity index (χ3v) is 3.62. The smallest absolute Gasteiger partial charge is 0.226 e. The highest BCUT2D eigenvalue weighted by Crippen LogP contribution is 2.22. The molecule has 5 heteroatoms. The van der Waals surface area contributed by atoms with Crippen molar-refractivity contribution in [3.63, 3.8) is 0 Å². The molecule has 0 saturated carbocycles. The van der Waals surface area contributed by atoms with E-state index in [1.54, 1.807) is 0 Å². The number of hydrogen-bond donors (Lipinski definition) is 0. The predicted molar refractivity (Wildman–Crippen MR) is 84.8 cm³/mol. The Morgan fingerprint density at radius 3 is 2.43 bits per heavy atom. The molecule has 21 heavy (non-hydrogen) atoms. The maximum Gasteiger partial charge on any atom is 0.226 e. The topological polar surface area (TPSA) is 41.5 Å². The number of aromatic nitrogens is 2. The third-order valence-electron chi connectivity index (χ3n) is 3.62. The van der Waals surface area contributed by atoms with E-state index in [0.29, 0.717) is 0 Å². The molecule has 0 aliphatic carbocycles. The van der Waals surface area contributed by atoms with Gasteiger partial charge in [0.15, 0.2) is 0 Å². The Labute approximate surface area is 125 Å². The summed E-state index contributed by atoms with van der Waals surface area (Å²) in [5.74, 6) is 0.785. The molecule has 0 N–H and O–H groups in total. The second-order valence-electron chi connectivity index (χ2n) is 5.28. The number of rotatable bonds is 3. The Morgan fingerprint density at radius 1 is 1.05 bits per heavy atom. The van der Waals surface area contributed by atoms with E-state index in [-0.39, 0.29) is 0 Å². The van der Waals surface area contributed by atoms with Gasteiger partial charge < -0.3 is 14.5 Å². The largest absolute Gasteiger partial charge is 0.378 e. The first-order valence-corrected chi connectivity index (χ1v) is 7.17. The number of benzene rings is 1. The highest BCUT2D eigenvalue weighted by atomic mass is 16.5. The number of nitrogens with zero attached hydrogens (tertiary/aromatic N) is 4. The maximum atomic E-state index is 5.37. The minimum absolute atomic E-state index is 0.741. The summed E-state index contributed by atoms with van der Waals surface area (Å²) in [7, 11) is 4.08. The van der Waals surface area contributed by atoms with E-state index in [9.17, 15) is 0 Å². The van der Waals surface area contributed by atoms with Gasteiger partial charge in [-0.2, -0.15) is 0 Å². The molecule has 0 bridgehead atoms. The summed E-state index contributed by atoms with van der Waals surface area (Å²) in [6.07, 6.45) is 1.83. The normalized spacial score (nSPS) is 15.0. The van der Waals surface area contributed by atoms with Crippen LogP contribution >= 0.6 is 0 Å². The molecule has 1 aliphatic rings. The van der Waals surface area contributed by atoms with Crippen LogP contribution in [-0.4, -0.2) is 50.4 Å². The first-order chi connectivity index (χ1) is 10.2. The van der Waals surface area contributed by atoms with Gasteiger partial charge in [0, 0.05) is 44.6 Å². The van der Waals surface area contributed by atoms with Gasteiger partial charge in [0.05, 0.1) is 18.9 Å². The first kappa shape index (κ1) is 13.8. The van der Waals surface area contributed by atoms with Gasteiger partial charge in [0.1, 0.15) is 0 Å². The molecular weight excluding hydrogens is 264 g/mol. The van der Waals surface area contributed by atoms with Gasteiger partial charge in [0.25, 0.3) is 0 Å². The molecule has 0 spiro atoms. The molecule has 110 valence electrons. The van der Waals surface area contributed by atoms with Crippen molar-refractivity contribution in [1.29, 1.82) is 0 Å². The zero-order chi connectivity index (χ0) is 14.7. The van der Waals surface area contributed by atoms with Gasteiger partial charge in [-0.25, -0.2) is 9.97 Å². The summed E-state index contributed by atoms with van der Waals surface area (Å²) >= 11 is 0. The minimum atomic E-state index is 0.741. The van der Waals surface area contributed by atoms with Crippen LogP contribution in [0.15, 0.2) is 36.5 Å². The zero-order valence-electron chi connectivity index (χ0n) is 12.5. The fraction of sp³-hybridized carbons (Fsp3) is 0.375. The van der Waals surface area contributed by atoms with Crippen molar-refractivity contribution in [3.8, 4) is 11.3 Å². The lowest BCUT2D eigenvalue weighted by Gasteiger charge is -2.26. The lowest BCUT2D eigenvalue weighted by atomic mass is 10.1. The zero-order valence-corrected chi connectivity index (χ0v) is 12.5. The van der Waals surface area contributed by atoms with Crippen molar-refractivity contribution in [3.05, 3.63) is 36.5 Å². The average Bonchev–Trinajstić information content (AvgIpc) is 2.56. The van der Waals surface area contributed by atoms with Crippen molar-refractivity contribution < 1.29 is 4.74 Å². The number of morpholine rings is 1. The van der Waals surface area contributed by atoms with Crippen LogP contribution in [-0.2, 0) is 4.74 Å². The highest BCUT2D eigenvalue weighted by molar-refractivity contribution is 5.63. The van der Waals surface area contributed by atoms with Crippen LogP contribution in [0.2, 0.25) is 0 Å². The minimum Gasteiger partial charge on any atom is -0.378 e. The maximum absolute atomic E-state index is 5.37. The van der Waals surface area contributed by atoms with E-state index in [0.717, 1.165) is 43.5 Å². The Bertz CT molecular complexity index is 591. The Kier molecular flexibility index (Phi) is 4.01. The summed E-state index contributed by atoms with van der Waals surface area (Å²) in [6, 6.07) is 10.4. The summed E-state index contributed by atoms with van der Waals surface area (Å²) in [4.78, 5) is 13.3. The first-order valence-electron chi connectivity index (χ1n) is 7.17. The molecule has 0 amide bonds. The number of hydrogen-bond acceptors (Lipinski definition) is 5. The van der Waals surface area contributed by atoms with Gasteiger partial charge in [-0.05, 0) is 18.2 Å². The third kappa shape index (κ3) is 3.13. The molecule has 0 unspecified atom stereocenters. The van der Waals surface area contributed by atoms with Crippen LogP contribution in [0, 0.1) is 0 Å². The molecule has 1 saturated heterocycles. The van der Waals surface area contributed by atoms with Crippen molar-refractivity contribution in [2.45, 2.75) is 0 Å². The Balaban J connectivity index is 1.84. The highest BCUT2D eigenvalue weighted by Gasteiger charge is 2.14. The molecule has 1 aromatic heterocycles. The lowest BCUT2D eigenvalue weighted by Crippen LogP contribution is -2.37. The van der Waals surface area contributed by atoms with Gasteiger partial charge >= 0.3 is 0 Å². The van der Waals surface area contributed by atoms with Gasteiger partial charge in [-0.15, -0.1) is 0 Å². The van der Waals surface area contributed by atoms with Crippen LogP contribution in [0.25, 0.3) is 11.3 Å². The molecule has 1 aromatic carbocycles. The number of anilines is 2. The second kappa shape index (κ2) is 6.10. The molecule has 5 nitrogen and oxygen atoms in total. The van der Waals surface area contributed by atoms with E-state index in [1.165, 1.54) is 5.69 Å². The molecular formula is C16H20N4O. The van der Waals surface area contributed by atoms with E-state index >= 15 is 0 Å². The van der Waals surface area contributed by atoms with Crippen LogP contribution in [0.5, 0.6) is 0 Å². The molecule has 0 radical (unpaired) electrons. The Morgan fingerprint density at radius 2 is 1.76 bits per heavy atom. The van der Waals surface area contributed by atoms with E-state index in [1.807, 2.05) is 26.4 Å². The average molecular weight is 284 g/mol.